The van der Waals surface area contributed by atoms with Gasteiger partial charge in [0, 0.05) is 28.9 Å². The second-order valence-corrected chi connectivity index (χ2v) is 6.66. The van der Waals surface area contributed by atoms with E-state index in [4.69, 9.17) is 5.73 Å². The number of hydrogen-bond acceptors (Lipinski definition) is 3. The Morgan fingerprint density at radius 2 is 2.39 bits per heavy atom. The van der Waals surface area contributed by atoms with Gasteiger partial charge in [-0.1, -0.05) is 0 Å². The molecule has 1 fully saturated rings. The first-order valence-corrected chi connectivity index (χ1v) is 7.46. The summed E-state index contributed by atoms with van der Waals surface area (Å²) in [5.74, 6) is 0.718. The van der Waals surface area contributed by atoms with Gasteiger partial charge in [-0.3, -0.25) is 4.79 Å². The van der Waals surface area contributed by atoms with E-state index in [1.54, 1.807) is 11.3 Å². The number of nitrogens with two attached hydrogens (primary N) is 1. The molecule has 0 aromatic carbocycles. The van der Waals surface area contributed by atoms with Crippen LogP contribution in [0.2, 0.25) is 0 Å². The third-order valence-electron chi connectivity index (χ3n) is 3.68. The number of nitrogens with zero attached hydrogens (tertiary/aromatic N) is 1. The number of hydrogen-bond donors (Lipinski definition) is 1. The molecular weight excluding hydrogens is 244 g/mol. The first kappa shape index (κ1) is 13.6. The van der Waals surface area contributed by atoms with Gasteiger partial charge >= 0.3 is 0 Å². The molecule has 2 rings (SSSR count). The summed E-state index contributed by atoms with van der Waals surface area (Å²) in [6.45, 7) is 5.85. The number of carbonyl (C=O) groups excluding carboxylic acids is 1. The van der Waals surface area contributed by atoms with Gasteiger partial charge in [0.2, 0.25) is 5.91 Å². The average molecular weight is 266 g/mol. The van der Waals surface area contributed by atoms with Crippen molar-refractivity contribution in [2.24, 2.45) is 11.7 Å². The monoisotopic (exact) mass is 266 g/mol. The van der Waals surface area contributed by atoms with Gasteiger partial charge in [-0.15, -0.1) is 11.3 Å². The molecule has 4 heteroatoms. The molecule has 0 bridgehead atoms. The van der Waals surface area contributed by atoms with Crippen LogP contribution in [0.15, 0.2) is 12.1 Å². The van der Waals surface area contributed by atoms with Crippen LogP contribution < -0.4 is 5.73 Å². The lowest BCUT2D eigenvalue weighted by Gasteiger charge is -2.34. The predicted octanol–water partition coefficient (Wildman–Crippen LogP) is 2.18. The summed E-state index contributed by atoms with van der Waals surface area (Å²) in [5.41, 5.74) is 5.95. The van der Waals surface area contributed by atoms with Crippen LogP contribution in [0.25, 0.3) is 0 Å². The molecule has 2 heterocycles. The number of carbonyl (C=O) groups is 1. The number of rotatable bonds is 3. The van der Waals surface area contributed by atoms with E-state index in [0.717, 1.165) is 25.9 Å². The van der Waals surface area contributed by atoms with Crippen molar-refractivity contribution in [2.75, 3.05) is 13.1 Å². The van der Waals surface area contributed by atoms with Crippen LogP contribution in [0.1, 0.15) is 29.5 Å². The number of piperidine rings is 1. The van der Waals surface area contributed by atoms with E-state index in [-0.39, 0.29) is 11.9 Å². The molecule has 1 aromatic rings. The smallest absolute Gasteiger partial charge is 0.227 e. The molecule has 2 atom stereocenters. The highest BCUT2D eigenvalue weighted by Gasteiger charge is 2.25. The summed E-state index contributed by atoms with van der Waals surface area (Å²) in [5, 5.41) is 0. The molecule has 1 aromatic heterocycles. The third-order valence-corrected chi connectivity index (χ3v) is 4.68. The highest BCUT2D eigenvalue weighted by atomic mass is 32.1. The lowest BCUT2D eigenvalue weighted by atomic mass is 9.92. The minimum atomic E-state index is 0.185. The fourth-order valence-corrected chi connectivity index (χ4v) is 3.39. The van der Waals surface area contributed by atoms with Crippen molar-refractivity contribution in [3.05, 3.63) is 21.9 Å². The molecule has 0 saturated carbocycles. The largest absolute Gasteiger partial charge is 0.342 e. The van der Waals surface area contributed by atoms with E-state index >= 15 is 0 Å². The van der Waals surface area contributed by atoms with Crippen LogP contribution >= 0.6 is 11.3 Å². The normalized spacial score (nSPS) is 21.9. The second-order valence-electron chi connectivity index (χ2n) is 5.29. The van der Waals surface area contributed by atoms with Crippen molar-refractivity contribution in [2.45, 2.75) is 39.2 Å². The lowest BCUT2D eigenvalue weighted by molar-refractivity contribution is -0.132. The van der Waals surface area contributed by atoms with E-state index in [2.05, 4.69) is 19.1 Å². The Bertz CT molecular complexity index is 414. The van der Waals surface area contributed by atoms with Gasteiger partial charge in [-0.2, -0.15) is 0 Å². The first-order valence-electron chi connectivity index (χ1n) is 6.65. The van der Waals surface area contributed by atoms with Crippen LogP contribution in [0.5, 0.6) is 0 Å². The summed E-state index contributed by atoms with van der Waals surface area (Å²) < 4.78 is 0. The van der Waals surface area contributed by atoms with Crippen molar-refractivity contribution >= 4 is 17.2 Å². The van der Waals surface area contributed by atoms with Crippen molar-refractivity contribution in [3.8, 4) is 0 Å². The Morgan fingerprint density at radius 3 is 3.00 bits per heavy atom. The molecule has 1 aliphatic heterocycles. The molecule has 2 N–H and O–H groups in total. The zero-order valence-corrected chi connectivity index (χ0v) is 12.0. The Labute approximate surface area is 113 Å². The van der Waals surface area contributed by atoms with Crippen LogP contribution in [0.4, 0.5) is 0 Å². The van der Waals surface area contributed by atoms with Gasteiger partial charge in [0.15, 0.2) is 0 Å². The number of thiophene rings is 1. The van der Waals surface area contributed by atoms with E-state index in [1.807, 2.05) is 11.8 Å². The van der Waals surface area contributed by atoms with Gasteiger partial charge in [0.05, 0.1) is 6.42 Å². The minimum absolute atomic E-state index is 0.185. The van der Waals surface area contributed by atoms with Crippen molar-refractivity contribution in [3.63, 3.8) is 0 Å². The zero-order valence-electron chi connectivity index (χ0n) is 11.2. The van der Waals surface area contributed by atoms with Crippen molar-refractivity contribution < 1.29 is 4.79 Å². The maximum atomic E-state index is 12.2. The topological polar surface area (TPSA) is 46.3 Å². The molecule has 1 saturated heterocycles. The second kappa shape index (κ2) is 5.85. The molecule has 0 aliphatic carbocycles. The molecule has 18 heavy (non-hydrogen) atoms. The number of aryl methyl sites for hydroxylation is 1. The standard InChI is InChI=1S/C14H22N2OS/c1-10-5-6-13(18-10)8-14(17)16-7-3-4-12(9-16)11(2)15/h5-6,11-12H,3-4,7-9,15H2,1-2H3. The van der Waals surface area contributed by atoms with Gasteiger partial charge in [0.25, 0.3) is 0 Å². The van der Waals surface area contributed by atoms with E-state index < -0.39 is 0 Å². The zero-order chi connectivity index (χ0) is 13.1. The number of amides is 1. The molecule has 3 nitrogen and oxygen atoms in total. The van der Waals surface area contributed by atoms with Gasteiger partial charge in [-0.05, 0) is 44.7 Å². The SMILES string of the molecule is Cc1ccc(CC(=O)N2CCCC(C(C)N)C2)s1. The summed E-state index contributed by atoms with van der Waals surface area (Å²) >= 11 is 1.71. The van der Waals surface area contributed by atoms with Crippen molar-refractivity contribution in [1.82, 2.24) is 4.90 Å². The molecular formula is C14H22N2OS. The highest BCUT2D eigenvalue weighted by Crippen LogP contribution is 2.21. The van der Waals surface area contributed by atoms with E-state index in [1.165, 1.54) is 9.75 Å². The summed E-state index contributed by atoms with van der Waals surface area (Å²) in [4.78, 5) is 16.7. The molecule has 0 radical (unpaired) electrons. The quantitative estimate of drug-likeness (QED) is 0.911. The maximum Gasteiger partial charge on any atom is 0.227 e. The van der Waals surface area contributed by atoms with Crippen molar-refractivity contribution in [1.29, 1.82) is 0 Å². The van der Waals surface area contributed by atoms with Gasteiger partial charge in [-0.25, -0.2) is 0 Å². The Morgan fingerprint density at radius 1 is 1.61 bits per heavy atom. The maximum absolute atomic E-state index is 12.2. The van der Waals surface area contributed by atoms with Gasteiger partial charge in [0.1, 0.15) is 0 Å². The lowest BCUT2D eigenvalue weighted by Crippen LogP contribution is -2.45. The van der Waals surface area contributed by atoms with Crippen LogP contribution in [0.3, 0.4) is 0 Å². The number of likely N-dealkylation sites (tertiary alicyclic amines) is 1. The first-order chi connectivity index (χ1) is 8.56. The molecule has 100 valence electrons. The van der Waals surface area contributed by atoms with Gasteiger partial charge < -0.3 is 10.6 Å². The fourth-order valence-electron chi connectivity index (χ4n) is 2.51. The average Bonchev–Trinajstić information content (AvgIpc) is 2.75. The summed E-state index contributed by atoms with van der Waals surface area (Å²) in [6, 6.07) is 4.32. The summed E-state index contributed by atoms with van der Waals surface area (Å²) in [6.07, 6.45) is 2.78. The van der Waals surface area contributed by atoms with Crippen LogP contribution in [-0.4, -0.2) is 29.9 Å². The Kier molecular flexibility index (Phi) is 4.40. The minimum Gasteiger partial charge on any atom is -0.342 e. The molecule has 1 aliphatic rings. The van der Waals surface area contributed by atoms with Crippen LogP contribution in [0, 0.1) is 12.8 Å². The Balaban J connectivity index is 1.92. The van der Waals surface area contributed by atoms with Crippen LogP contribution in [-0.2, 0) is 11.2 Å². The highest BCUT2D eigenvalue weighted by molar-refractivity contribution is 7.12. The van der Waals surface area contributed by atoms with E-state index in [0.29, 0.717) is 12.3 Å². The predicted molar refractivity (Wildman–Crippen MR) is 75.7 cm³/mol. The van der Waals surface area contributed by atoms with E-state index in [9.17, 15) is 4.79 Å². The molecule has 2 unspecified atom stereocenters. The summed E-state index contributed by atoms with van der Waals surface area (Å²) in [7, 11) is 0. The molecule has 1 amide bonds. The molecule has 0 spiro atoms. The Hall–Kier alpha value is -0.870. The fraction of sp³-hybridized carbons (Fsp3) is 0.643. The third kappa shape index (κ3) is 3.33.